The quantitative estimate of drug-likeness (QED) is 0.892. The second-order valence-electron chi connectivity index (χ2n) is 5.20. The van der Waals surface area contributed by atoms with Crippen molar-refractivity contribution in [3.8, 4) is 0 Å². The summed E-state index contributed by atoms with van der Waals surface area (Å²) < 4.78 is 4.82. The third-order valence-corrected chi connectivity index (χ3v) is 3.29. The molecule has 0 fully saturated rings. The van der Waals surface area contributed by atoms with E-state index in [-0.39, 0.29) is 5.91 Å². The molecule has 2 aromatic carbocycles. The molecule has 120 valence electrons. The van der Waals surface area contributed by atoms with Gasteiger partial charge >= 0.3 is 6.09 Å². The lowest BCUT2D eigenvalue weighted by molar-refractivity contribution is 0.102. The summed E-state index contributed by atoms with van der Waals surface area (Å²) in [6, 6.07) is 12.6. The predicted octanol–water partition coefficient (Wildman–Crippen LogP) is 4.12. The Kier molecular flexibility index (Phi) is 5.36. The normalized spacial score (nSPS) is 10.0. The molecule has 2 rings (SSSR count). The number of hydrogen-bond acceptors (Lipinski definition) is 3. The topological polar surface area (TPSA) is 67.4 Å². The van der Waals surface area contributed by atoms with Crippen molar-refractivity contribution in [3.63, 3.8) is 0 Å². The van der Waals surface area contributed by atoms with Gasteiger partial charge in [-0.25, -0.2) is 4.79 Å². The van der Waals surface area contributed by atoms with Crippen LogP contribution < -0.4 is 10.6 Å². The molecule has 0 heterocycles. The maximum absolute atomic E-state index is 12.4. The van der Waals surface area contributed by atoms with Crippen molar-refractivity contribution in [2.24, 2.45) is 0 Å². The summed E-state index contributed by atoms with van der Waals surface area (Å²) in [6.45, 7) is 5.93. The van der Waals surface area contributed by atoms with E-state index in [1.165, 1.54) is 0 Å². The molecule has 0 spiro atoms. The van der Waals surface area contributed by atoms with Crippen molar-refractivity contribution in [1.29, 1.82) is 0 Å². The molecule has 0 aromatic heterocycles. The highest BCUT2D eigenvalue weighted by Crippen LogP contribution is 2.18. The maximum Gasteiger partial charge on any atom is 0.411 e. The molecular formula is C18H20N2O3. The fraction of sp³-hybridized carbons (Fsp3) is 0.222. The lowest BCUT2D eigenvalue weighted by Crippen LogP contribution is -2.15. The monoisotopic (exact) mass is 312 g/mol. The number of carbonyl (C=O) groups is 2. The molecule has 0 aliphatic heterocycles. The Bertz CT molecular complexity index is 726. The van der Waals surface area contributed by atoms with E-state index >= 15 is 0 Å². The molecule has 0 atom stereocenters. The summed E-state index contributed by atoms with van der Waals surface area (Å²) in [4.78, 5) is 23.8. The van der Waals surface area contributed by atoms with E-state index in [1.807, 2.05) is 32.0 Å². The second kappa shape index (κ2) is 7.45. The van der Waals surface area contributed by atoms with E-state index in [0.29, 0.717) is 17.9 Å². The number of anilines is 2. The molecule has 0 aliphatic carbocycles. The standard InChI is InChI=1S/C18H20N2O3/c1-4-23-18(22)19-15-7-5-6-14(11-15)17(21)20-16-10-12(2)8-9-13(16)3/h5-11H,4H2,1-3H3,(H,19,22)(H,20,21). The van der Waals surface area contributed by atoms with Gasteiger partial charge < -0.3 is 10.1 Å². The van der Waals surface area contributed by atoms with Gasteiger partial charge in [0.25, 0.3) is 5.91 Å². The number of ether oxygens (including phenoxy) is 1. The summed E-state index contributed by atoms with van der Waals surface area (Å²) in [5, 5.41) is 5.47. The van der Waals surface area contributed by atoms with Crippen molar-refractivity contribution in [3.05, 3.63) is 59.2 Å². The fourth-order valence-corrected chi connectivity index (χ4v) is 2.09. The lowest BCUT2D eigenvalue weighted by Gasteiger charge is -2.10. The molecule has 23 heavy (non-hydrogen) atoms. The Morgan fingerprint density at radius 3 is 2.57 bits per heavy atom. The van der Waals surface area contributed by atoms with Crippen LogP contribution in [-0.2, 0) is 4.74 Å². The van der Waals surface area contributed by atoms with Crippen LogP contribution in [0.4, 0.5) is 16.2 Å². The zero-order chi connectivity index (χ0) is 16.8. The van der Waals surface area contributed by atoms with Gasteiger partial charge in [0.1, 0.15) is 0 Å². The van der Waals surface area contributed by atoms with Crippen LogP contribution in [0.2, 0.25) is 0 Å². The average Bonchev–Trinajstić information content (AvgIpc) is 2.51. The van der Waals surface area contributed by atoms with Gasteiger partial charge in [-0.05, 0) is 56.2 Å². The van der Waals surface area contributed by atoms with Crippen LogP contribution in [0.25, 0.3) is 0 Å². The second-order valence-corrected chi connectivity index (χ2v) is 5.20. The molecule has 5 nitrogen and oxygen atoms in total. The number of nitrogens with one attached hydrogen (secondary N) is 2. The summed E-state index contributed by atoms with van der Waals surface area (Å²) in [5.74, 6) is -0.230. The van der Waals surface area contributed by atoms with Crippen LogP contribution in [0.15, 0.2) is 42.5 Å². The molecule has 2 amide bonds. The van der Waals surface area contributed by atoms with Gasteiger partial charge in [0.15, 0.2) is 0 Å². The van der Waals surface area contributed by atoms with E-state index < -0.39 is 6.09 Å². The Morgan fingerprint density at radius 2 is 1.83 bits per heavy atom. The van der Waals surface area contributed by atoms with Gasteiger partial charge in [-0.3, -0.25) is 10.1 Å². The first kappa shape index (κ1) is 16.5. The maximum atomic E-state index is 12.4. The first-order valence-electron chi connectivity index (χ1n) is 7.42. The van der Waals surface area contributed by atoms with E-state index in [9.17, 15) is 9.59 Å². The Labute approximate surface area is 135 Å². The highest BCUT2D eigenvalue weighted by Gasteiger charge is 2.10. The van der Waals surface area contributed by atoms with Crippen molar-refractivity contribution in [2.45, 2.75) is 20.8 Å². The van der Waals surface area contributed by atoms with Gasteiger partial charge in [0, 0.05) is 16.9 Å². The van der Waals surface area contributed by atoms with Gasteiger partial charge in [-0.1, -0.05) is 18.2 Å². The molecule has 0 saturated heterocycles. The van der Waals surface area contributed by atoms with Gasteiger partial charge in [-0.2, -0.15) is 0 Å². The van der Waals surface area contributed by atoms with Crippen LogP contribution >= 0.6 is 0 Å². The summed E-state index contributed by atoms with van der Waals surface area (Å²) in [5.41, 5.74) is 3.81. The molecule has 2 N–H and O–H groups in total. The third-order valence-electron chi connectivity index (χ3n) is 3.29. The van der Waals surface area contributed by atoms with E-state index in [1.54, 1.807) is 31.2 Å². The number of carbonyl (C=O) groups excluding carboxylic acids is 2. The number of benzene rings is 2. The van der Waals surface area contributed by atoms with Crippen LogP contribution in [-0.4, -0.2) is 18.6 Å². The zero-order valence-corrected chi connectivity index (χ0v) is 13.5. The summed E-state index contributed by atoms with van der Waals surface area (Å²) in [6.07, 6.45) is -0.542. The smallest absolute Gasteiger partial charge is 0.411 e. The number of aryl methyl sites for hydroxylation is 2. The molecular weight excluding hydrogens is 292 g/mol. The zero-order valence-electron chi connectivity index (χ0n) is 13.5. The van der Waals surface area contributed by atoms with E-state index in [0.717, 1.165) is 16.8 Å². The summed E-state index contributed by atoms with van der Waals surface area (Å²) >= 11 is 0. The van der Waals surface area contributed by atoms with E-state index in [2.05, 4.69) is 10.6 Å². The van der Waals surface area contributed by atoms with Gasteiger partial charge in [-0.15, -0.1) is 0 Å². The van der Waals surface area contributed by atoms with Crippen LogP contribution in [0.1, 0.15) is 28.4 Å². The molecule has 0 unspecified atom stereocenters. The third kappa shape index (κ3) is 4.57. The first-order valence-corrected chi connectivity index (χ1v) is 7.42. The summed E-state index contributed by atoms with van der Waals surface area (Å²) in [7, 11) is 0. The average molecular weight is 312 g/mol. The molecule has 5 heteroatoms. The first-order chi connectivity index (χ1) is 11.0. The van der Waals surface area contributed by atoms with Crippen LogP contribution in [0.3, 0.4) is 0 Å². The minimum absolute atomic E-state index is 0.230. The number of rotatable bonds is 4. The predicted molar refractivity (Wildman–Crippen MR) is 91.0 cm³/mol. The van der Waals surface area contributed by atoms with Crippen molar-refractivity contribution >= 4 is 23.4 Å². The Morgan fingerprint density at radius 1 is 1.04 bits per heavy atom. The van der Waals surface area contributed by atoms with Crippen molar-refractivity contribution in [1.82, 2.24) is 0 Å². The number of hydrogen-bond donors (Lipinski definition) is 2. The van der Waals surface area contributed by atoms with Crippen molar-refractivity contribution in [2.75, 3.05) is 17.2 Å². The van der Waals surface area contributed by atoms with Gasteiger partial charge in [0.05, 0.1) is 6.61 Å². The minimum Gasteiger partial charge on any atom is -0.450 e. The molecule has 0 bridgehead atoms. The van der Waals surface area contributed by atoms with Gasteiger partial charge in [0.2, 0.25) is 0 Å². The fourth-order valence-electron chi connectivity index (χ4n) is 2.09. The molecule has 0 saturated carbocycles. The SMILES string of the molecule is CCOC(=O)Nc1cccc(C(=O)Nc2cc(C)ccc2C)c1. The largest absolute Gasteiger partial charge is 0.450 e. The highest BCUT2D eigenvalue weighted by molar-refractivity contribution is 6.05. The van der Waals surface area contributed by atoms with E-state index in [4.69, 9.17) is 4.74 Å². The molecule has 0 radical (unpaired) electrons. The van der Waals surface area contributed by atoms with Crippen LogP contribution in [0.5, 0.6) is 0 Å². The Hall–Kier alpha value is -2.82. The van der Waals surface area contributed by atoms with Crippen LogP contribution in [0, 0.1) is 13.8 Å². The number of amides is 2. The Balaban J connectivity index is 2.13. The van der Waals surface area contributed by atoms with Crippen molar-refractivity contribution < 1.29 is 14.3 Å². The highest BCUT2D eigenvalue weighted by atomic mass is 16.5. The molecule has 0 aliphatic rings. The molecule has 2 aromatic rings. The minimum atomic E-state index is -0.542. The lowest BCUT2D eigenvalue weighted by atomic mass is 10.1.